The lowest BCUT2D eigenvalue weighted by Crippen LogP contribution is -2.25. The smallest absolute Gasteiger partial charge is 0.251 e. The second-order valence-corrected chi connectivity index (χ2v) is 3.91. The van der Waals surface area contributed by atoms with Crippen LogP contribution in [0.4, 0.5) is 0 Å². The lowest BCUT2D eigenvalue weighted by molar-refractivity contribution is 0.0950. The fraction of sp³-hybridized carbons (Fsp3) is 0.308. The molecule has 1 aromatic carbocycles. The number of methoxy groups -OCH3 is 1. The highest BCUT2D eigenvalue weighted by Crippen LogP contribution is 2.23. The number of ether oxygens (including phenoxy) is 1. The number of rotatable bonds is 4. The number of hydrogen-bond donors (Lipinski definition) is 1. The van der Waals surface area contributed by atoms with Crippen molar-refractivity contribution < 1.29 is 9.53 Å². The molecule has 0 saturated heterocycles. The van der Waals surface area contributed by atoms with Crippen molar-refractivity contribution in [2.45, 2.75) is 18.9 Å². The van der Waals surface area contributed by atoms with Crippen LogP contribution in [0.2, 0.25) is 0 Å². The highest BCUT2D eigenvalue weighted by atomic mass is 16.5. The van der Waals surface area contributed by atoms with Crippen LogP contribution >= 0.6 is 0 Å². The first-order chi connectivity index (χ1) is 7.74. The number of amides is 1. The van der Waals surface area contributed by atoms with Crippen LogP contribution in [0.15, 0.2) is 24.8 Å². The molecule has 1 saturated carbocycles. The molecule has 84 valence electrons. The molecule has 0 heterocycles. The molecule has 2 rings (SSSR count). The van der Waals surface area contributed by atoms with Crippen molar-refractivity contribution in [1.29, 1.82) is 0 Å². The molecule has 3 heteroatoms. The van der Waals surface area contributed by atoms with Crippen molar-refractivity contribution in [2.75, 3.05) is 7.11 Å². The van der Waals surface area contributed by atoms with Crippen LogP contribution in [0, 0.1) is 0 Å². The summed E-state index contributed by atoms with van der Waals surface area (Å²) in [5.74, 6) is 0.648. The molecule has 0 spiro atoms. The van der Waals surface area contributed by atoms with Gasteiger partial charge in [-0.3, -0.25) is 4.79 Å². The largest absolute Gasteiger partial charge is 0.496 e. The predicted molar refractivity (Wildman–Crippen MR) is 63.6 cm³/mol. The SMILES string of the molecule is C=Cc1ccc(C(=O)NC2CC2)cc1OC. The van der Waals surface area contributed by atoms with E-state index in [0.717, 1.165) is 18.4 Å². The summed E-state index contributed by atoms with van der Waals surface area (Å²) in [5.41, 5.74) is 1.53. The van der Waals surface area contributed by atoms with Crippen molar-refractivity contribution in [3.8, 4) is 5.75 Å². The number of nitrogens with one attached hydrogen (secondary N) is 1. The van der Waals surface area contributed by atoms with Gasteiger partial charge in [-0.05, 0) is 25.0 Å². The molecule has 0 bridgehead atoms. The van der Waals surface area contributed by atoms with Crippen LogP contribution in [-0.2, 0) is 0 Å². The highest BCUT2D eigenvalue weighted by Gasteiger charge is 2.23. The van der Waals surface area contributed by atoms with Crippen molar-refractivity contribution in [3.63, 3.8) is 0 Å². The van der Waals surface area contributed by atoms with Crippen LogP contribution in [0.25, 0.3) is 6.08 Å². The van der Waals surface area contributed by atoms with Gasteiger partial charge in [0.25, 0.3) is 5.91 Å². The van der Waals surface area contributed by atoms with Crippen molar-refractivity contribution in [1.82, 2.24) is 5.32 Å². The molecule has 1 aromatic rings. The standard InChI is InChI=1S/C13H15NO2/c1-3-9-4-5-10(8-12(9)16-2)13(15)14-11-6-7-11/h3-5,8,11H,1,6-7H2,2H3,(H,14,15). The zero-order chi connectivity index (χ0) is 11.5. The molecule has 0 aromatic heterocycles. The van der Waals surface area contributed by atoms with Crippen molar-refractivity contribution in [2.24, 2.45) is 0 Å². The lowest BCUT2D eigenvalue weighted by atomic mass is 10.1. The van der Waals surface area contributed by atoms with Crippen LogP contribution in [0.1, 0.15) is 28.8 Å². The molecule has 0 radical (unpaired) electrons. The first-order valence-electron chi connectivity index (χ1n) is 5.36. The summed E-state index contributed by atoms with van der Waals surface area (Å²) in [7, 11) is 1.59. The van der Waals surface area contributed by atoms with Crippen molar-refractivity contribution in [3.05, 3.63) is 35.9 Å². The molecule has 0 unspecified atom stereocenters. The second-order valence-electron chi connectivity index (χ2n) is 3.91. The van der Waals surface area contributed by atoms with Gasteiger partial charge in [0.2, 0.25) is 0 Å². The maximum atomic E-state index is 11.8. The summed E-state index contributed by atoms with van der Waals surface area (Å²) in [6, 6.07) is 5.75. The van der Waals surface area contributed by atoms with E-state index in [1.807, 2.05) is 6.07 Å². The van der Waals surface area contributed by atoms with Crippen LogP contribution < -0.4 is 10.1 Å². The average Bonchev–Trinajstić information content (AvgIpc) is 3.11. The van der Waals surface area contributed by atoms with E-state index in [4.69, 9.17) is 4.74 Å². The van der Waals surface area contributed by atoms with Gasteiger partial charge in [0.15, 0.2) is 0 Å². The molecule has 1 amide bonds. The van der Waals surface area contributed by atoms with Gasteiger partial charge in [0.05, 0.1) is 7.11 Å². The number of benzene rings is 1. The molecule has 1 N–H and O–H groups in total. The van der Waals surface area contributed by atoms with Gasteiger partial charge >= 0.3 is 0 Å². The van der Waals surface area contributed by atoms with E-state index >= 15 is 0 Å². The van der Waals surface area contributed by atoms with E-state index < -0.39 is 0 Å². The average molecular weight is 217 g/mol. The third kappa shape index (κ3) is 2.24. The van der Waals surface area contributed by atoms with E-state index in [9.17, 15) is 4.79 Å². The summed E-state index contributed by atoms with van der Waals surface area (Å²) in [6.45, 7) is 3.69. The molecule has 1 aliphatic rings. The Hall–Kier alpha value is -1.77. The Kier molecular flexibility index (Phi) is 2.95. The van der Waals surface area contributed by atoms with Gasteiger partial charge in [-0.2, -0.15) is 0 Å². The van der Waals surface area contributed by atoms with E-state index in [2.05, 4.69) is 11.9 Å². The van der Waals surface area contributed by atoms with Gasteiger partial charge in [-0.15, -0.1) is 0 Å². The highest BCUT2D eigenvalue weighted by molar-refractivity contribution is 5.95. The Morgan fingerprint density at radius 3 is 2.88 bits per heavy atom. The van der Waals surface area contributed by atoms with Crippen LogP contribution in [0.3, 0.4) is 0 Å². The third-order valence-corrected chi connectivity index (χ3v) is 2.63. The van der Waals surface area contributed by atoms with Gasteiger partial charge in [0.1, 0.15) is 5.75 Å². The van der Waals surface area contributed by atoms with Gasteiger partial charge in [-0.25, -0.2) is 0 Å². The van der Waals surface area contributed by atoms with Gasteiger partial charge < -0.3 is 10.1 Å². The molecule has 0 atom stereocenters. The van der Waals surface area contributed by atoms with E-state index in [-0.39, 0.29) is 5.91 Å². The van der Waals surface area contributed by atoms with Crippen molar-refractivity contribution >= 4 is 12.0 Å². The maximum absolute atomic E-state index is 11.8. The predicted octanol–water partition coefficient (Wildman–Crippen LogP) is 2.23. The molecule has 16 heavy (non-hydrogen) atoms. The maximum Gasteiger partial charge on any atom is 0.251 e. The van der Waals surface area contributed by atoms with E-state index in [1.165, 1.54) is 0 Å². The number of carbonyl (C=O) groups excluding carboxylic acids is 1. The minimum atomic E-state index is -0.0311. The molecular formula is C13H15NO2. The van der Waals surface area contributed by atoms with Crippen LogP contribution in [-0.4, -0.2) is 19.1 Å². The first-order valence-corrected chi connectivity index (χ1v) is 5.36. The Morgan fingerprint density at radius 2 is 2.31 bits per heavy atom. The Balaban J connectivity index is 2.20. The molecule has 0 aliphatic heterocycles. The summed E-state index contributed by atoms with van der Waals surface area (Å²) in [4.78, 5) is 11.8. The third-order valence-electron chi connectivity index (χ3n) is 2.63. The van der Waals surface area contributed by atoms with Crippen LogP contribution in [0.5, 0.6) is 5.75 Å². The number of hydrogen-bond acceptors (Lipinski definition) is 2. The first kappa shape index (κ1) is 10.7. The Bertz CT molecular complexity index is 422. The topological polar surface area (TPSA) is 38.3 Å². The van der Waals surface area contributed by atoms with E-state index in [1.54, 1.807) is 25.3 Å². The van der Waals surface area contributed by atoms with Gasteiger partial charge in [0, 0.05) is 17.2 Å². The van der Waals surface area contributed by atoms with Gasteiger partial charge in [-0.1, -0.05) is 18.7 Å². The Labute approximate surface area is 95.1 Å². The summed E-state index contributed by atoms with van der Waals surface area (Å²) in [6.07, 6.45) is 3.89. The molecule has 1 fully saturated rings. The minimum absolute atomic E-state index is 0.0311. The number of carbonyl (C=O) groups is 1. The fourth-order valence-electron chi connectivity index (χ4n) is 1.52. The summed E-state index contributed by atoms with van der Waals surface area (Å²) in [5, 5.41) is 2.94. The molecule has 3 nitrogen and oxygen atoms in total. The summed E-state index contributed by atoms with van der Waals surface area (Å²) >= 11 is 0. The fourth-order valence-corrected chi connectivity index (χ4v) is 1.52. The summed E-state index contributed by atoms with van der Waals surface area (Å²) < 4.78 is 5.20. The lowest BCUT2D eigenvalue weighted by Gasteiger charge is -2.08. The molecular weight excluding hydrogens is 202 g/mol. The zero-order valence-corrected chi connectivity index (χ0v) is 9.32. The monoisotopic (exact) mass is 217 g/mol. The minimum Gasteiger partial charge on any atom is -0.496 e. The second kappa shape index (κ2) is 4.39. The Morgan fingerprint density at radius 1 is 1.56 bits per heavy atom. The quantitative estimate of drug-likeness (QED) is 0.839. The normalized spacial score (nSPS) is 14.3. The zero-order valence-electron chi connectivity index (χ0n) is 9.32. The molecule has 1 aliphatic carbocycles. The van der Waals surface area contributed by atoms with E-state index in [0.29, 0.717) is 17.4 Å².